The summed E-state index contributed by atoms with van der Waals surface area (Å²) in [4.78, 5) is 0. The number of anilines is 1. The van der Waals surface area contributed by atoms with Crippen LogP contribution in [0.3, 0.4) is 0 Å². The maximum atomic E-state index is 9.04. The molecular weight excluding hydrogens is 266 g/mol. The maximum absolute atomic E-state index is 9.04. The smallest absolute Gasteiger partial charge is 0.166 e. The molecule has 0 unspecified atom stereocenters. The van der Waals surface area contributed by atoms with Crippen LogP contribution in [0.5, 0.6) is 11.5 Å². The second-order valence-electron chi connectivity index (χ2n) is 5.00. The molecule has 1 aliphatic heterocycles. The Kier molecular flexibility index (Phi) is 4.26. The lowest BCUT2D eigenvalue weighted by Gasteiger charge is -2.13. The zero-order chi connectivity index (χ0) is 14.5. The summed E-state index contributed by atoms with van der Waals surface area (Å²) in [6.45, 7) is 2.13. The first kappa shape index (κ1) is 13.8. The number of aliphatic hydroxyl groups excluding tert-OH is 1. The van der Waals surface area contributed by atoms with Gasteiger partial charge in [0.2, 0.25) is 0 Å². The van der Waals surface area contributed by atoms with Gasteiger partial charge < -0.3 is 19.9 Å². The molecule has 2 N–H and O–H groups in total. The molecular formula is C17H19NO3. The van der Waals surface area contributed by atoms with Crippen molar-refractivity contribution in [1.82, 2.24) is 0 Å². The molecule has 0 aliphatic carbocycles. The van der Waals surface area contributed by atoms with E-state index >= 15 is 0 Å². The Labute approximate surface area is 124 Å². The van der Waals surface area contributed by atoms with Crippen molar-refractivity contribution < 1.29 is 14.6 Å². The Balaban J connectivity index is 1.72. The minimum absolute atomic E-state index is 0.0671. The molecule has 110 valence electrons. The molecule has 2 aromatic rings. The molecule has 0 spiro atoms. The third-order valence-corrected chi connectivity index (χ3v) is 3.47. The molecule has 0 amide bonds. The summed E-state index contributed by atoms with van der Waals surface area (Å²) >= 11 is 0. The van der Waals surface area contributed by atoms with Crippen LogP contribution in [-0.4, -0.2) is 18.3 Å². The van der Waals surface area contributed by atoms with Gasteiger partial charge in [-0.05, 0) is 23.8 Å². The fraction of sp³-hybridized carbons (Fsp3) is 0.294. The second-order valence-corrected chi connectivity index (χ2v) is 5.00. The van der Waals surface area contributed by atoms with E-state index in [0.29, 0.717) is 19.8 Å². The first-order valence-electron chi connectivity index (χ1n) is 7.18. The number of benzene rings is 2. The van der Waals surface area contributed by atoms with Crippen LogP contribution in [0.25, 0.3) is 0 Å². The number of rotatable bonds is 4. The van der Waals surface area contributed by atoms with E-state index < -0.39 is 0 Å². The van der Waals surface area contributed by atoms with E-state index in [9.17, 15) is 0 Å². The molecule has 0 atom stereocenters. The van der Waals surface area contributed by atoms with Crippen LogP contribution in [-0.2, 0) is 13.2 Å². The van der Waals surface area contributed by atoms with Gasteiger partial charge in [-0.3, -0.25) is 0 Å². The molecule has 4 nitrogen and oxygen atoms in total. The predicted octanol–water partition coefficient (Wildman–Crippen LogP) is 2.95. The van der Waals surface area contributed by atoms with Crippen LogP contribution in [0.4, 0.5) is 5.69 Å². The van der Waals surface area contributed by atoms with Gasteiger partial charge in [0, 0.05) is 24.2 Å². The zero-order valence-corrected chi connectivity index (χ0v) is 11.8. The molecule has 0 fully saturated rings. The van der Waals surface area contributed by atoms with Gasteiger partial charge in [-0.25, -0.2) is 0 Å². The monoisotopic (exact) mass is 285 g/mol. The number of para-hydroxylation sites is 1. The quantitative estimate of drug-likeness (QED) is 0.907. The fourth-order valence-electron chi connectivity index (χ4n) is 2.32. The number of fused-ring (bicyclic) bond motifs is 1. The highest BCUT2D eigenvalue weighted by Crippen LogP contribution is 2.33. The van der Waals surface area contributed by atoms with Crippen LogP contribution >= 0.6 is 0 Å². The van der Waals surface area contributed by atoms with Gasteiger partial charge in [0.15, 0.2) is 11.5 Å². The highest BCUT2D eigenvalue weighted by atomic mass is 16.5. The first-order chi connectivity index (χ1) is 10.4. The number of hydrogen-bond donors (Lipinski definition) is 2. The minimum Gasteiger partial charge on any atom is -0.490 e. The molecule has 0 aromatic heterocycles. The van der Waals surface area contributed by atoms with E-state index in [4.69, 9.17) is 14.6 Å². The van der Waals surface area contributed by atoms with Crippen LogP contribution in [0.15, 0.2) is 42.5 Å². The average molecular weight is 285 g/mol. The fourth-order valence-corrected chi connectivity index (χ4v) is 2.32. The van der Waals surface area contributed by atoms with Gasteiger partial charge in [-0.2, -0.15) is 0 Å². The Bertz CT molecular complexity index is 595. The number of hydrogen-bond acceptors (Lipinski definition) is 4. The van der Waals surface area contributed by atoms with Gasteiger partial charge in [0.25, 0.3) is 0 Å². The largest absolute Gasteiger partial charge is 0.490 e. The van der Waals surface area contributed by atoms with E-state index in [0.717, 1.165) is 34.7 Å². The lowest BCUT2D eigenvalue weighted by atomic mass is 10.1. The van der Waals surface area contributed by atoms with Crippen molar-refractivity contribution in [3.8, 4) is 11.5 Å². The zero-order valence-electron chi connectivity index (χ0n) is 11.8. The normalized spacial score (nSPS) is 13.6. The number of nitrogens with one attached hydrogen (secondary N) is 1. The van der Waals surface area contributed by atoms with Crippen LogP contribution < -0.4 is 14.8 Å². The van der Waals surface area contributed by atoms with E-state index in [2.05, 4.69) is 5.32 Å². The third-order valence-electron chi connectivity index (χ3n) is 3.47. The van der Waals surface area contributed by atoms with Gasteiger partial charge >= 0.3 is 0 Å². The van der Waals surface area contributed by atoms with Crippen molar-refractivity contribution in [2.45, 2.75) is 19.6 Å². The lowest BCUT2D eigenvalue weighted by Crippen LogP contribution is -2.03. The van der Waals surface area contributed by atoms with Crippen LogP contribution in [0.1, 0.15) is 17.5 Å². The molecule has 21 heavy (non-hydrogen) atoms. The van der Waals surface area contributed by atoms with Gasteiger partial charge in [0.1, 0.15) is 0 Å². The standard InChI is InChI=1S/C17H19NO3/c19-12-13-5-7-15(8-6-13)18-11-14-3-1-4-16-17(14)21-10-2-9-20-16/h1,3-8,18-19H,2,9-12H2. The average Bonchev–Trinajstić information content (AvgIpc) is 2.79. The first-order valence-corrected chi connectivity index (χ1v) is 7.18. The second kappa shape index (κ2) is 6.50. The SMILES string of the molecule is OCc1ccc(NCc2cccc3c2OCCCO3)cc1. The Morgan fingerprint density at radius 1 is 1.00 bits per heavy atom. The van der Waals surface area contributed by atoms with Gasteiger partial charge in [-0.1, -0.05) is 24.3 Å². The minimum atomic E-state index is 0.0671. The highest BCUT2D eigenvalue weighted by Gasteiger charge is 2.14. The van der Waals surface area contributed by atoms with Crippen LogP contribution in [0.2, 0.25) is 0 Å². The van der Waals surface area contributed by atoms with E-state index in [1.807, 2.05) is 42.5 Å². The summed E-state index contributed by atoms with van der Waals surface area (Å²) in [7, 11) is 0. The molecule has 1 aliphatic rings. The summed E-state index contributed by atoms with van der Waals surface area (Å²) in [6.07, 6.45) is 0.907. The molecule has 4 heteroatoms. The predicted molar refractivity (Wildman–Crippen MR) is 81.7 cm³/mol. The Morgan fingerprint density at radius 3 is 2.62 bits per heavy atom. The molecule has 0 saturated carbocycles. The van der Waals surface area contributed by atoms with Crippen molar-refractivity contribution in [1.29, 1.82) is 0 Å². The Hall–Kier alpha value is -2.20. The van der Waals surface area contributed by atoms with Crippen LogP contribution in [0, 0.1) is 0 Å². The van der Waals surface area contributed by atoms with Gasteiger partial charge in [-0.15, -0.1) is 0 Å². The molecule has 2 aromatic carbocycles. The van der Waals surface area contributed by atoms with Crippen molar-refractivity contribution in [2.24, 2.45) is 0 Å². The molecule has 0 saturated heterocycles. The summed E-state index contributed by atoms with van der Waals surface area (Å²) in [6, 6.07) is 13.7. The third kappa shape index (κ3) is 3.28. The molecule has 3 rings (SSSR count). The van der Waals surface area contributed by atoms with E-state index in [-0.39, 0.29) is 6.61 Å². The van der Waals surface area contributed by atoms with Gasteiger partial charge in [0.05, 0.1) is 19.8 Å². The number of aliphatic hydroxyl groups is 1. The summed E-state index contributed by atoms with van der Waals surface area (Å²) in [5.74, 6) is 1.66. The number of ether oxygens (including phenoxy) is 2. The molecule has 0 radical (unpaired) electrons. The van der Waals surface area contributed by atoms with E-state index in [1.165, 1.54) is 0 Å². The van der Waals surface area contributed by atoms with Crippen molar-refractivity contribution in [3.63, 3.8) is 0 Å². The summed E-state index contributed by atoms with van der Waals surface area (Å²) in [5.41, 5.74) is 3.01. The molecule has 1 heterocycles. The maximum Gasteiger partial charge on any atom is 0.166 e. The lowest BCUT2D eigenvalue weighted by molar-refractivity contribution is 0.282. The topological polar surface area (TPSA) is 50.7 Å². The Morgan fingerprint density at radius 2 is 1.81 bits per heavy atom. The highest BCUT2D eigenvalue weighted by molar-refractivity contribution is 5.50. The molecule has 0 bridgehead atoms. The van der Waals surface area contributed by atoms with E-state index in [1.54, 1.807) is 0 Å². The van der Waals surface area contributed by atoms with Crippen molar-refractivity contribution >= 4 is 5.69 Å². The van der Waals surface area contributed by atoms with Crippen molar-refractivity contribution in [2.75, 3.05) is 18.5 Å². The van der Waals surface area contributed by atoms with Crippen molar-refractivity contribution in [3.05, 3.63) is 53.6 Å². The summed E-state index contributed by atoms with van der Waals surface area (Å²) in [5, 5.41) is 12.4. The summed E-state index contributed by atoms with van der Waals surface area (Å²) < 4.78 is 11.5.